The van der Waals surface area contributed by atoms with Crippen LogP contribution in [0.2, 0.25) is 0 Å². The summed E-state index contributed by atoms with van der Waals surface area (Å²) in [7, 11) is 0. The highest BCUT2D eigenvalue weighted by Crippen LogP contribution is 2.40. The molecule has 0 saturated heterocycles. The van der Waals surface area contributed by atoms with Crippen LogP contribution in [0.15, 0.2) is 28.7 Å². The lowest BCUT2D eigenvalue weighted by molar-refractivity contribution is 0.462. The number of hydrogen-bond donors (Lipinski definition) is 2. The lowest BCUT2D eigenvalue weighted by Gasteiger charge is -2.26. The first-order valence-electron chi connectivity index (χ1n) is 7.25. The van der Waals surface area contributed by atoms with Crippen molar-refractivity contribution in [2.24, 2.45) is 0 Å². The van der Waals surface area contributed by atoms with Gasteiger partial charge in [0.2, 0.25) is 0 Å². The fourth-order valence-electron chi connectivity index (χ4n) is 2.75. The van der Waals surface area contributed by atoms with Crippen molar-refractivity contribution in [2.75, 3.05) is 17.6 Å². The van der Waals surface area contributed by atoms with E-state index in [-0.39, 0.29) is 11.5 Å². The zero-order valence-electron chi connectivity index (χ0n) is 12.7. The highest BCUT2D eigenvalue weighted by atomic mass is 79.9. The van der Waals surface area contributed by atoms with E-state index in [1.807, 2.05) is 12.1 Å². The minimum atomic E-state index is 0.0104. The molecule has 0 aliphatic carbocycles. The second-order valence-electron chi connectivity index (χ2n) is 6.60. The Kier molecular flexibility index (Phi) is 3.48. The number of rotatable bonds is 1. The van der Waals surface area contributed by atoms with Crippen LogP contribution in [0.3, 0.4) is 0 Å². The normalized spacial score (nSPS) is 18.2. The van der Waals surface area contributed by atoms with E-state index in [9.17, 15) is 0 Å². The van der Waals surface area contributed by atoms with Crippen molar-refractivity contribution in [3.05, 3.63) is 40.0 Å². The topological polar surface area (TPSA) is 55.9 Å². The Morgan fingerprint density at radius 1 is 1.29 bits per heavy atom. The molecule has 2 heterocycles. The summed E-state index contributed by atoms with van der Waals surface area (Å²) in [5, 5.41) is 8.34. The Morgan fingerprint density at radius 2 is 1.95 bits per heavy atom. The predicted octanol–water partition coefficient (Wildman–Crippen LogP) is 3.93. The van der Waals surface area contributed by atoms with Crippen LogP contribution in [0.1, 0.15) is 44.5 Å². The molecular weight excluding hydrogens is 328 g/mol. The van der Waals surface area contributed by atoms with Crippen molar-refractivity contribution in [1.29, 1.82) is 0 Å². The van der Waals surface area contributed by atoms with Crippen LogP contribution < -0.4 is 11.1 Å². The number of hydrogen-bond acceptors (Lipinski definition) is 3. The fraction of sp³-hybridized carbons (Fsp3) is 0.438. The van der Waals surface area contributed by atoms with Crippen molar-refractivity contribution >= 4 is 27.4 Å². The molecule has 0 amide bonds. The van der Waals surface area contributed by atoms with E-state index in [1.54, 1.807) is 0 Å². The molecule has 1 unspecified atom stereocenters. The summed E-state index contributed by atoms with van der Waals surface area (Å²) in [6, 6.07) is 8.37. The summed E-state index contributed by atoms with van der Waals surface area (Å²) < 4.78 is 3.19. The highest BCUT2D eigenvalue weighted by Gasteiger charge is 2.30. The van der Waals surface area contributed by atoms with E-state index < -0.39 is 0 Å². The average molecular weight is 349 g/mol. The van der Waals surface area contributed by atoms with Gasteiger partial charge in [0, 0.05) is 17.6 Å². The third kappa shape index (κ3) is 2.55. The molecule has 1 aromatic heterocycles. The van der Waals surface area contributed by atoms with Gasteiger partial charge in [-0.25, -0.2) is 4.68 Å². The molecule has 0 fully saturated rings. The fourth-order valence-corrected chi connectivity index (χ4v) is 3.75. The molecule has 5 heteroatoms. The van der Waals surface area contributed by atoms with Crippen LogP contribution in [-0.2, 0) is 5.41 Å². The smallest absolute Gasteiger partial charge is 0.139 e. The molecule has 112 valence electrons. The van der Waals surface area contributed by atoms with Gasteiger partial charge in [-0.1, -0.05) is 32.9 Å². The number of nitrogens with one attached hydrogen (secondary N) is 1. The van der Waals surface area contributed by atoms with Crippen molar-refractivity contribution in [3.63, 3.8) is 0 Å². The van der Waals surface area contributed by atoms with Crippen molar-refractivity contribution < 1.29 is 0 Å². The van der Waals surface area contributed by atoms with Gasteiger partial charge in [0.05, 0.1) is 16.2 Å². The Morgan fingerprint density at radius 3 is 2.57 bits per heavy atom. The summed E-state index contributed by atoms with van der Waals surface area (Å²) in [5.41, 5.74) is 8.94. The SMILES string of the molecule is CC(C)(C)c1nn2c(c1Br)NCCC2c1ccc(N)cc1. The average Bonchev–Trinajstić information content (AvgIpc) is 2.77. The van der Waals surface area contributed by atoms with E-state index in [2.05, 4.69) is 58.8 Å². The van der Waals surface area contributed by atoms with Gasteiger partial charge in [0.25, 0.3) is 0 Å². The maximum atomic E-state index is 5.79. The molecule has 0 bridgehead atoms. The zero-order valence-corrected chi connectivity index (χ0v) is 14.2. The van der Waals surface area contributed by atoms with Crippen molar-refractivity contribution in [3.8, 4) is 0 Å². The third-order valence-electron chi connectivity index (χ3n) is 3.89. The van der Waals surface area contributed by atoms with Crippen molar-refractivity contribution in [2.45, 2.75) is 38.6 Å². The predicted molar refractivity (Wildman–Crippen MR) is 90.7 cm³/mol. The van der Waals surface area contributed by atoms with Gasteiger partial charge in [-0.15, -0.1) is 0 Å². The number of aromatic nitrogens is 2. The van der Waals surface area contributed by atoms with Crippen LogP contribution in [0, 0.1) is 0 Å². The van der Waals surface area contributed by atoms with E-state index >= 15 is 0 Å². The summed E-state index contributed by atoms with van der Waals surface area (Å²) in [5.74, 6) is 1.08. The van der Waals surface area contributed by atoms with Gasteiger partial charge in [0.1, 0.15) is 5.82 Å². The molecule has 1 aliphatic heterocycles. The van der Waals surface area contributed by atoms with Crippen molar-refractivity contribution in [1.82, 2.24) is 9.78 Å². The first-order valence-corrected chi connectivity index (χ1v) is 8.05. The van der Waals surface area contributed by atoms with Crippen LogP contribution in [0.4, 0.5) is 11.5 Å². The number of nitrogens with two attached hydrogens (primary N) is 1. The van der Waals surface area contributed by atoms with E-state index in [0.717, 1.165) is 34.6 Å². The minimum Gasteiger partial charge on any atom is -0.399 e. The Balaban J connectivity index is 2.08. The lowest BCUT2D eigenvalue weighted by Crippen LogP contribution is -2.24. The van der Waals surface area contributed by atoms with Gasteiger partial charge >= 0.3 is 0 Å². The van der Waals surface area contributed by atoms with Crippen LogP contribution >= 0.6 is 15.9 Å². The molecule has 0 spiro atoms. The first kappa shape index (κ1) is 14.4. The number of benzene rings is 1. The standard InChI is InChI=1S/C16H21BrN4/c1-16(2,3)14-13(17)15-19-9-8-12(21(15)20-14)10-4-6-11(18)7-5-10/h4-7,12,19H,8-9,18H2,1-3H3. The molecule has 0 saturated carbocycles. The molecule has 3 rings (SSSR count). The number of fused-ring (bicyclic) bond motifs is 1. The highest BCUT2D eigenvalue weighted by molar-refractivity contribution is 9.10. The number of nitrogens with zero attached hydrogens (tertiary/aromatic N) is 2. The second kappa shape index (κ2) is 5.05. The zero-order chi connectivity index (χ0) is 15.2. The van der Waals surface area contributed by atoms with E-state index in [4.69, 9.17) is 10.8 Å². The summed E-state index contributed by atoms with van der Waals surface area (Å²) in [4.78, 5) is 0. The summed E-state index contributed by atoms with van der Waals surface area (Å²) in [6.45, 7) is 7.50. The van der Waals surface area contributed by atoms with Crippen LogP contribution in [0.25, 0.3) is 0 Å². The largest absolute Gasteiger partial charge is 0.399 e. The maximum absolute atomic E-state index is 5.79. The molecule has 2 aromatic rings. The molecule has 1 aromatic carbocycles. The second-order valence-corrected chi connectivity index (χ2v) is 7.40. The molecule has 3 N–H and O–H groups in total. The van der Waals surface area contributed by atoms with Crippen LogP contribution in [-0.4, -0.2) is 16.3 Å². The molecule has 0 radical (unpaired) electrons. The Labute approximate surface area is 133 Å². The summed E-state index contributed by atoms with van der Waals surface area (Å²) in [6.07, 6.45) is 1.02. The third-order valence-corrected chi connectivity index (χ3v) is 4.64. The molecule has 1 atom stereocenters. The Hall–Kier alpha value is -1.49. The Bertz CT molecular complexity index is 652. The quantitative estimate of drug-likeness (QED) is 0.767. The van der Waals surface area contributed by atoms with Gasteiger partial charge < -0.3 is 11.1 Å². The molecule has 1 aliphatic rings. The van der Waals surface area contributed by atoms with Gasteiger partial charge in [-0.2, -0.15) is 5.10 Å². The van der Waals surface area contributed by atoms with Gasteiger partial charge in [0.15, 0.2) is 0 Å². The number of nitrogen functional groups attached to an aromatic ring is 1. The number of halogens is 1. The van der Waals surface area contributed by atoms with E-state index in [0.29, 0.717) is 0 Å². The molecular formula is C16H21BrN4. The van der Waals surface area contributed by atoms with Gasteiger partial charge in [-0.3, -0.25) is 0 Å². The monoisotopic (exact) mass is 348 g/mol. The first-order chi connectivity index (χ1) is 9.88. The number of anilines is 2. The summed E-state index contributed by atoms with van der Waals surface area (Å²) >= 11 is 3.72. The maximum Gasteiger partial charge on any atom is 0.139 e. The molecule has 21 heavy (non-hydrogen) atoms. The van der Waals surface area contributed by atoms with Crippen LogP contribution in [0.5, 0.6) is 0 Å². The van der Waals surface area contributed by atoms with E-state index in [1.165, 1.54) is 5.56 Å². The molecule has 4 nitrogen and oxygen atoms in total. The lowest BCUT2D eigenvalue weighted by atomic mass is 9.92. The minimum absolute atomic E-state index is 0.0104. The van der Waals surface area contributed by atoms with Gasteiger partial charge in [-0.05, 0) is 40.0 Å².